The summed E-state index contributed by atoms with van der Waals surface area (Å²) >= 11 is 0. The molecule has 0 aliphatic heterocycles. The van der Waals surface area contributed by atoms with E-state index >= 15 is 0 Å². The minimum Gasteiger partial charge on any atom is -0.481 e. The minimum atomic E-state index is -0.936. The van der Waals surface area contributed by atoms with Gasteiger partial charge in [0.1, 0.15) is 0 Å². The Labute approximate surface area is 90.6 Å². The second-order valence-corrected chi connectivity index (χ2v) is 4.40. The van der Waals surface area contributed by atoms with Crippen molar-refractivity contribution in [1.29, 1.82) is 0 Å². The van der Waals surface area contributed by atoms with Crippen LogP contribution in [0.3, 0.4) is 0 Å². The Morgan fingerprint density at radius 2 is 1.40 bits per heavy atom. The average Bonchev–Trinajstić information content (AvgIpc) is 2.10. The Balaban J connectivity index is 5.01. The van der Waals surface area contributed by atoms with Crippen LogP contribution in [0, 0.1) is 23.7 Å². The highest BCUT2D eigenvalue weighted by Crippen LogP contribution is 2.28. The standard InChI is InChI=1S/C11H20O4/c1-6(2)8(10(12)13)9(7(3)4)11(14)15-5/h6-9H,1-5H3,(H,12,13). The number of esters is 1. The highest BCUT2D eigenvalue weighted by atomic mass is 16.5. The maximum Gasteiger partial charge on any atom is 0.309 e. The number of methoxy groups -OCH3 is 1. The molecule has 0 fully saturated rings. The van der Waals surface area contributed by atoms with Crippen molar-refractivity contribution in [2.45, 2.75) is 27.7 Å². The molecule has 2 atom stereocenters. The summed E-state index contributed by atoms with van der Waals surface area (Å²) in [6.07, 6.45) is 0. The van der Waals surface area contributed by atoms with Crippen molar-refractivity contribution in [3.63, 3.8) is 0 Å². The van der Waals surface area contributed by atoms with Gasteiger partial charge in [-0.1, -0.05) is 27.7 Å². The molecule has 0 aromatic heterocycles. The number of hydrogen-bond acceptors (Lipinski definition) is 3. The predicted octanol–water partition coefficient (Wildman–Crippen LogP) is 1.79. The van der Waals surface area contributed by atoms with Crippen molar-refractivity contribution in [2.75, 3.05) is 7.11 Å². The maximum atomic E-state index is 11.5. The lowest BCUT2D eigenvalue weighted by Gasteiger charge is -2.27. The van der Waals surface area contributed by atoms with Crippen LogP contribution in [0.1, 0.15) is 27.7 Å². The van der Waals surface area contributed by atoms with E-state index < -0.39 is 23.8 Å². The molecule has 0 radical (unpaired) electrons. The van der Waals surface area contributed by atoms with Crippen LogP contribution in [0.2, 0.25) is 0 Å². The van der Waals surface area contributed by atoms with Gasteiger partial charge in [0.2, 0.25) is 0 Å². The number of hydrogen-bond donors (Lipinski definition) is 1. The van der Waals surface area contributed by atoms with Gasteiger partial charge in [-0.2, -0.15) is 0 Å². The van der Waals surface area contributed by atoms with Crippen LogP contribution in [0.25, 0.3) is 0 Å². The van der Waals surface area contributed by atoms with E-state index in [9.17, 15) is 9.59 Å². The van der Waals surface area contributed by atoms with Crippen LogP contribution in [0.15, 0.2) is 0 Å². The van der Waals surface area contributed by atoms with Crippen LogP contribution < -0.4 is 0 Å². The molecule has 0 rings (SSSR count). The molecule has 15 heavy (non-hydrogen) atoms. The Bertz CT molecular complexity index is 233. The average molecular weight is 216 g/mol. The van der Waals surface area contributed by atoms with E-state index in [1.54, 1.807) is 13.8 Å². The zero-order chi connectivity index (χ0) is 12.2. The van der Waals surface area contributed by atoms with Gasteiger partial charge >= 0.3 is 11.9 Å². The zero-order valence-electron chi connectivity index (χ0n) is 9.98. The lowest BCUT2D eigenvalue weighted by Crippen LogP contribution is -2.37. The van der Waals surface area contributed by atoms with E-state index in [1.807, 2.05) is 13.8 Å². The van der Waals surface area contributed by atoms with Crippen molar-refractivity contribution < 1.29 is 19.4 Å². The molecule has 0 aliphatic carbocycles. The second kappa shape index (κ2) is 5.73. The van der Waals surface area contributed by atoms with Gasteiger partial charge in [0.15, 0.2) is 0 Å². The normalized spacial score (nSPS) is 15.1. The van der Waals surface area contributed by atoms with Crippen molar-refractivity contribution in [2.24, 2.45) is 23.7 Å². The lowest BCUT2D eigenvalue weighted by molar-refractivity contribution is -0.159. The Morgan fingerprint density at radius 1 is 1.00 bits per heavy atom. The third kappa shape index (κ3) is 3.53. The predicted molar refractivity (Wildman–Crippen MR) is 56.3 cm³/mol. The van der Waals surface area contributed by atoms with Crippen LogP contribution in [0.4, 0.5) is 0 Å². The minimum absolute atomic E-state index is 0.0408. The molecule has 88 valence electrons. The van der Waals surface area contributed by atoms with E-state index in [1.165, 1.54) is 7.11 Å². The smallest absolute Gasteiger partial charge is 0.309 e. The molecule has 4 heteroatoms. The molecule has 0 amide bonds. The Morgan fingerprint density at radius 3 is 1.60 bits per heavy atom. The molecule has 0 aromatic rings. The number of aliphatic carboxylic acids is 1. The molecular weight excluding hydrogens is 196 g/mol. The topological polar surface area (TPSA) is 63.6 Å². The van der Waals surface area contributed by atoms with Gasteiger partial charge in [0, 0.05) is 0 Å². The van der Waals surface area contributed by atoms with Gasteiger partial charge in [0.25, 0.3) is 0 Å². The quantitative estimate of drug-likeness (QED) is 0.711. The number of carbonyl (C=O) groups excluding carboxylic acids is 1. The maximum absolute atomic E-state index is 11.5. The number of rotatable bonds is 5. The largest absolute Gasteiger partial charge is 0.481 e. The van der Waals surface area contributed by atoms with Gasteiger partial charge in [-0.3, -0.25) is 9.59 Å². The zero-order valence-corrected chi connectivity index (χ0v) is 9.98. The van der Waals surface area contributed by atoms with Gasteiger partial charge in [0.05, 0.1) is 18.9 Å². The molecule has 0 heterocycles. The van der Waals surface area contributed by atoms with Crippen molar-refractivity contribution in [3.8, 4) is 0 Å². The molecule has 0 bridgehead atoms. The fourth-order valence-electron chi connectivity index (χ4n) is 1.82. The van der Waals surface area contributed by atoms with E-state index in [0.717, 1.165) is 0 Å². The SMILES string of the molecule is COC(=O)C(C(C)C)C(C(=O)O)C(C)C. The molecule has 0 saturated carbocycles. The van der Waals surface area contributed by atoms with Gasteiger partial charge < -0.3 is 9.84 Å². The summed E-state index contributed by atoms with van der Waals surface area (Å²) in [7, 11) is 1.29. The van der Waals surface area contributed by atoms with Gasteiger partial charge in [-0.15, -0.1) is 0 Å². The molecule has 0 aliphatic rings. The fraction of sp³-hybridized carbons (Fsp3) is 0.818. The Hall–Kier alpha value is -1.06. The molecule has 0 saturated heterocycles. The second-order valence-electron chi connectivity index (χ2n) is 4.40. The third-order valence-corrected chi connectivity index (χ3v) is 2.58. The molecule has 0 aromatic carbocycles. The first-order chi connectivity index (χ1) is 6.82. The van der Waals surface area contributed by atoms with Crippen molar-refractivity contribution >= 4 is 11.9 Å². The fourth-order valence-corrected chi connectivity index (χ4v) is 1.82. The Kier molecular flexibility index (Phi) is 5.33. The number of carbonyl (C=O) groups is 2. The first-order valence-electron chi connectivity index (χ1n) is 5.13. The summed E-state index contributed by atoms with van der Waals surface area (Å²) < 4.78 is 4.65. The monoisotopic (exact) mass is 216 g/mol. The first kappa shape index (κ1) is 13.9. The summed E-state index contributed by atoms with van der Waals surface area (Å²) in [4.78, 5) is 22.6. The number of carboxylic acids is 1. The molecule has 0 spiro atoms. The molecule has 4 nitrogen and oxygen atoms in total. The molecule has 1 N–H and O–H groups in total. The summed E-state index contributed by atoms with van der Waals surface area (Å²) in [6.45, 7) is 7.27. The van der Waals surface area contributed by atoms with Crippen molar-refractivity contribution in [3.05, 3.63) is 0 Å². The van der Waals surface area contributed by atoms with Gasteiger partial charge in [-0.25, -0.2) is 0 Å². The third-order valence-electron chi connectivity index (χ3n) is 2.58. The number of ether oxygens (including phenoxy) is 1. The van der Waals surface area contributed by atoms with Crippen LogP contribution >= 0.6 is 0 Å². The first-order valence-corrected chi connectivity index (χ1v) is 5.13. The van der Waals surface area contributed by atoms with E-state index in [2.05, 4.69) is 4.74 Å². The van der Waals surface area contributed by atoms with Crippen LogP contribution in [-0.2, 0) is 14.3 Å². The summed E-state index contributed by atoms with van der Waals surface area (Å²) in [6, 6.07) is 0. The summed E-state index contributed by atoms with van der Waals surface area (Å²) in [5.41, 5.74) is 0. The van der Waals surface area contributed by atoms with E-state index in [4.69, 9.17) is 5.11 Å². The van der Waals surface area contributed by atoms with Crippen LogP contribution in [0.5, 0.6) is 0 Å². The van der Waals surface area contributed by atoms with E-state index in [-0.39, 0.29) is 11.8 Å². The summed E-state index contributed by atoms with van der Waals surface area (Å²) in [5.74, 6) is -2.76. The van der Waals surface area contributed by atoms with E-state index in [0.29, 0.717) is 0 Å². The number of carboxylic acid groups (broad SMARTS) is 1. The highest BCUT2D eigenvalue weighted by Gasteiger charge is 2.38. The van der Waals surface area contributed by atoms with Crippen molar-refractivity contribution in [1.82, 2.24) is 0 Å². The summed E-state index contributed by atoms with van der Waals surface area (Å²) in [5, 5.41) is 9.10. The van der Waals surface area contributed by atoms with Crippen LogP contribution in [-0.4, -0.2) is 24.2 Å². The molecular formula is C11H20O4. The van der Waals surface area contributed by atoms with Gasteiger partial charge in [-0.05, 0) is 11.8 Å². The molecule has 2 unspecified atom stereocenters. The highest BCUT2D eigenvalue weighted by molar-refractivity contribution is 5.81. The lowest BCUT2D eigenvalue weighted by atomic mass is 9.77.